The molecule has 0 spiro atoms. The van der Waals surface area contributed by atoms with Gasteiger partial charge in [0.15, 0.2) is 5.43 Å². The van der Waals surface area contributed by atoms with Gasteiger partial charge >= 0.3 is 0 Å². The lowest BCUT2D eigenvalue weighted by atomic mass is 10.0. The maximum absolute atomic E-state index is 13.7. The second kappa shape index (κ2) is 9.56. The first-order chi connectivity index (χ1) is 17.3. The molecule has 0 radical (unpaired) electrons. The van der Waals surface area contributed by atoms with Gasteiger partial charge in [0, 0.05) is 47.9 Å². The van der Waals surface area contributed by atoms with Crippen LogP contribution in [-0.2, 0) is 6.54 Å². The Morgan fingerprint density at radius 2 is 1.83 bits per heavy atom. The maximum Gasteiger partial charge on any atom is 0.270 e. The average molecular weight is 517 g/mol. The molecule has 2 amide bonds. The number of hydrogen-bond donors (Lipinski definition) is 1. The Balaban J connectivity index is 1.68. The minimum atomic E-state index is -0.367. The van der Waals surface area contributed by atoms with Crippen LogP contribution >= 0.6 is 22.9 Å². The molecule has 2 heterocycles. The number of nitrogens with zero attached hydrogens (tertiary/aromatic N) is 3. The lowest BCUT2D eigenvalue weighted by Crippen LogP contribution is -2.34. The van der Waals surface area contributed by atoms with E-state index in [2.05, 4.69) is 10.3 Å². The van der Waals surface area contributed by atoms with E-state index in [1.54, 1.807) is 60.6 Å². The zero-order valence-corrected chi connectivity index (χ0v) is 21.1. The Bertz CT molecular complexity index is 1690. The Labute approximate surface area is 215 Å². The van der Waals surface area contributed by atoms with E-state index in [0.717, 1.165) is 10.2 Å². The van der Waals surface area contributed by atoms with E-state index >= 15 is 0 Å². The van der Waals surface area contributed by atoms with Crippen LogP contribution in [0, 0.1) is 0 Å². The number of aromatic nitrogens is 2. The van der Waals surface area contributed by atoms with Gasteiger partial charge in [-0.25, -0.2) is 4.98 Å². The highest BCUT2D eigenvalue weighted by molar-refractivity contribution is 7.16. The van der Waals surface area contributed by atoms with E-state index < -0.39 is 0 Å². The van der Waals surface area contributed by atoms with Gasteiger partial charge in [-0.05, 0) is 48.5 Å². The van der Waals surface area contributed by atoms with E-state index in [4.69, 9.17) is 11.6 Å². The van der Waals surface area contributed by atoms with Crippen LogP contribution in [0.3, 0.4) is 0 Å². The zero-order chi connectivity index (χ0) is 25.4. The van der Waals surface area contributed by atoms with Crippen molar-refractivity contribution in [2.45, 2.75) is 6.54 Å². The number of thiazole rings is 1. The highest BCUT2D eigenvalue weighted by Crippen LogP contribution is 2.26. The van der Waals surface area contributed by atoms with Crippen molar-refractivity contribution >= 4 is 55.9 Å². The van der Waals surface area contributed by atoms with Crippen molar-refractivity contribution in [2.75, 3.05) is 14.1 Å². The first kappa shape index (κ1) is 23.7. The molecule has 9 heteroatoms. The van der Waals surface area contributed by atoms with Crippen LogP contribution in [0.15, 0.2) is 77.0 Å². The predicted molar refractivity (Wildman–Crippen MR) is 143 cm³/mol. The second-order valence-corrected chi connectivity index (χ2v) is 9.73. The van der Waals surface area contributed by atoms with Gasteiger partial charge in [-0.3, -0.25) is 14.4 Å². The van der Waals surface area contributed by atoms with Gasteiger partial charge in [0.2, 0.25) is 0 Å². The SMILES string of the molecule is CN(C)C(=O)c1c(CNC(=O)c2ccc3ncsc3c2)c(=O)c2ccc(Cl)cc2n1-c1ccccc1. The Hall–Kier alpha value is -4.01. The maximum atomic E-state index is 13.7. The number of rotatable bonds is 5. The summed E-state index contributed by atoms with van der Waals surface area (Å²) in [5, 5.41) is 3.67. The summed E-state index contributed by atoms with van der Waals surface area (Å²) in [6, 6.07) is 19.5. The molecule has 3 aromatic carbocycles. The van der Waals surface area contributed by atoms with Crippen molar-refractivity contribution in [2.24, 2.45) is 0 Å². The molecular weight excluding hydrogens is 496 g/mol. The van der Waals surface area contributed by atoms with Gasteiger partial charge in [0.25, 0.3) is 11.8 Å². The van der Waals surface area contributed by atoms with E-state index in [1.807, 2.05) is 30.3 Å². The van der Waals surface area contributed by atoms with Crippen LogP contribution < -0.4 is 10.7 Å². The second-order valence-electron chi connectivity index (χ2n) is 8.41. The number of carbonyl (C=O) groups excluding carboxylic acids is 2. The van der Waals surface area contributed by atoms with Crippen LogP contribution in [0.1, 0.15) is 26.4 Å². The van der Waals surface area contributed by atoms with E-state index in [1.165, 1.54) is 16.2 Å². The van der Waals surface area contributed by atoms with Crippen molar-refractivity contribution in [1.29, 1.82) is 0 Å². The van der Waals surface area contributed by atoms with Gasteiger partial charge < -0.3 is 14.8 Å². The third-order valence-corrected chi connectivity index (χ3v) is 6.90. The predicted octanol–water partition coefficient (Wildman–Crippen LogP) is 4.89. The number of fused-ring (bicyclic) bond motifs is 2. The van der Waals surface area contributed by atoms with Crippen molar-refractivity contribution in [3.63, 3.8) is 0 Å². The molecule has 5 aromatic rings. The topological polar surface area (TPSA) is 84.3 Å². The fourth-order valence-corrected chi connectivity index (χ4v) is 5.00. The van der Waals surface area contributed by atoms with Crippen molar-refractivity contribution in [1.82, 2.24) is 19.8 Å². The molecule has 0 saturated carbocycles. The minimum Gasteiger partial charge on any atom is -0.348 e. The number of amides is 2. The van der Waals surface area contributed by atoms with Crippen molar-refractivity contribution in [3.05, 3.63) is 104 Å². The molecule has 0 unspecified atom stereocenters. The molecule has 180 valence electrons. The summed E-state index contributed by atoms with van der Waals surface area (Å²) in [4.78, 5) is 45.8. The first-order valence-electron chi connectivity index (χ1n) is 11.1. The fourth-order valence-electron chi connectivity index (χ4n) is 4.12. The molecule has 0 saturated heterocycles. The van der Waals surface area contributed by atoms with Crippen LogP contribution in [0.4, 0.5) is 0 Å². The van der Waals surface area contributed by atoms with Crippen molar-refractivity contribution in [3.8, 4) is 5.69 Å². The Morgan fingerprint density at radius 1 is 1.06 bits per heavy atom. The number of halogens is 1. The summed E-state index contributed by atoms with van der Waals surface area (Å²) >= 11 is 7.74. The summed E-state index contributed by atoms with van der Waals surface area (Å²) in [5.41, 5.74) is 4.21. The summed E-state index contributed by atoms with van der Waals surface area (Å²) in [5.74, 6) is -0.719. The highest BCUT2D eigenvalue weighted by atomic mass is 35.5. The number of para-hydroxylation sites is 1. The molecule has 0 aliphatic heterocycles. The van der Waals surface area contributed by atoms with Gasteiger partial charge in [0.1, 0.15) is 5.69 Å². The van der Waals surface area contributed by atoms with Gasteiger partial charge in [-0.2, -0.15) is 0 Å². The Kier molecular flexibility index (Phi) is 6.30. The lowest BCUT2D eigenvalue weighted by molar-refractivity contribution is 0.0816. The standard InChI is InChI=1S/C27H21ClN4O3S/c1-31(2)27(35)24-20(14-29-26(34)16-8-11-21-23(12-16)36-15-30-21)25(33)19-10-9-17(28)13-22(19)32(24)18-6-4-3-5-7-18/h3-13,15H,14H2,1-2H3,(H,29,34). The number of carbonyl (C=O) groups is 2. The third kappa shape index (κ3) is 4.25. The molecule has 0 aliphatic carbocycles. The summed E-state index contributed by atoms with van der Waals surface area (Å²) in [7, 11) is 3.24. The molecule has 1 N–H and O–H groups in total. The van der Waals surface area contributed by atoms with Gasteiger partial charge in [-0.1, -0.05) is 29.8 Å². The molecule has 0 bridgehead atoms. The molecule has 0 aliphatic rings. The van der Waals surface area contributed by atoms with Gasteiger partial charge in [0.05, 0.1) is 21.2 Å². The van der Waals surface area contributed by atoms with Crippen LogP contribution in [0.2, 0.25) is 5.02 Å². The summed E-state index contributed by atoms with van der Waals surface area (Å²) < 4.78 is 2.62. The van der Waals surface area contributed by atoms with Gasteiger partial charge in [-0.15, -0.1) is 11.3 Å². The molecular formula is C27H21ClN4O3S. The van der Waals surface area contributed by atoms with Crippen LogP contribution in [-0.4, -0.2) is 40.4 Å². The molecule has 7 nitrogen and oxygen atoms in total. The van der Waals surface area contributed by atoms with E-state index in [0.29, 0.717) is 27.2 Å². The largest absolute Gasteiger partial charge is 0.348 e. The number of nitrogens with one attached hydrogen (secondary N) is 1. The quantitative estimate of drug-likeness (QED) is 0.360. The zero-order valence-electron chi connectivity index (χ0n) is 19.5. The van der Waals surface area contributed by atoms with Crippen LogP contribution in [0.25, 0.3) is 26.8 Å². The smallest absolute Gasteiger partial charge is 0.270 e. The third-order valence-electron chi connectivity index (χ3n) is 5.87. The highest BCUT2D eigenvalue weighted by Gasteiger charge is 2.25. The molecule has 5 rings (SSSR count). The summed E-state index contributed by atoms with van der Waals surface area (Å²) in [6.07, 6.45) is 0. The van der Waals surface area contributed by atoms with Crippen molar-refractivity contribution < 1.29 is 9.59 Å². The molecule has 2 aromatic heterocycles. The van der Waals surface area contributed by atoms with E-state index in [-0.39, 0.29) is 35.0 Å². The Morgan fingerprint density at radius 3 is 2.58 bits per heavy atom. The molecule has 0 fully saturated rings. The normalized spacial score (nSPS) is 11.1. The lowest BCUT2D eigenvalue weighted by Gasteiger charge is -2.22. The van der Waals surface area contributed by atoms with Crippen LogP contribution in [0.5, 0.6) is 0 Å². The molecule has 36 heavy (non-hydrogen) atoms. The first-order valence-corrected chi connectivity index (χ1v) is 12.4. The summed E-state index contributed by atoms with van der Waals surface area (Å²) in [6.45, 7) is -0.126. The minimum absolute atomic E-state index is 0.126. The molecule has 0 atom stereocenters. The number of benzene rings is 3. The monoisotopic (exact) mass is 516 g/mol. The fraction of sp³-hybridized carbons (Fsp3) is 0.111. The van der Waals surface area contributed by atoms with E-state index in [9.17, 15) is 14.4 Å². The average Bonchev–Trinajstić information content (AvgIpc) is 3.35. The number of pyridine rings is 1. The number of hydrogen-bond acceptors (Lipinski definition) is 5.